The number of amides is 2. The molecule has 1 aromatic heterocycles. The highest BCUT2D eigenvalue weighted by atomic mass is 16.2. The molecule has 8 heteroatoms. The number of nitrogens with one attached hydrogen (secondary N) is 2. The molecule has 0 unspecified atom stereocenters. The summed E-state index contributed by atoms with van der Waals surface area (Å²) in [6, 6.07) is 22.5. The first-order chi connectivity index (χ1) is 17.9. The quantitative estimate of drug-likeness (QED) is 0.412. The van der Waals surface area contributed by atoms with Crippen molar-refractivity contribution in [1.82, 2.24) is 9.97 Å². The lowest BCUT2D eigenvalue weighted by Crippen LogP contribution is -2.47. The number of aromatic nitrogens is 2. The van der Waals surface area contributed by atoms with Crippen LogP contribution < -0.4 is 20.4 Å². The van der Waals surface area contributed by atoms with E-state index in [1.807, 2.05) is 36.4 Å². The Bertz CT molecular complexity index is 1440. The van der Waals surface area contributed by atoms with Crippen molar-refractivity contribution in [2.24, 2.45) is 0 Å². The van der Waals surface area contributed by atoms with Crippen molar-refractivity contribution in [2.45, 2.75) is 20.8 Å². The van der Waals surface area contributed by atoms with Crippen LogP contribution in [0.25, 0.3) is 22.0 Å². The summed E-state index contributed by atoms with van der Waals surface area (Å²) in [6.07, 6.45) is 0. The molecule has 0 aliphatic carbocycles. The highest BCUT2D eigenvalue weighted by molar-refractivity contribution is 5.96. The minimum absolute atomic E-state index is 0.0994. The van der Waals surface area contributed by atoms with Gasteiger partial charge in [0, 0.05) is 56.8 Å². The number of rotatable bonds is 5. The van der Waals surface area contributed by atoms with Crippen LogP contribution in [0.15, 0.2) is 66.7 Å². The molecule has 0 atom stereocenters. The summed E-state index contributed by atoms with van der Waals surface area (Å²) < 4.78 is 0. The molecule has 0 radical (unpaired) electrons. The Morgan fingerprint density at radius 2 is 1.35 bits per heavy atom. The third kappa shape index (κ3) is 5.53. The van der Waals surface area contributed by atoms with Crippen LogP contribution in [0.5, 0.6) is 0 Å². The molecule has 1 aliphatic heterocycles. The summed E-state index contributed by atoms with van der Waals surface area (Å²) in [4.78, 5) is 37.1. The van der Waals surface area contributed by atoms with Crippen molar-refractivity contribution in [3.05, 3.63) is 72.3 Å². The average molecular weight is 495 g/mol. The first kappa shape index (κ1) is 24.2. The van der Waals surface area contributed by atoms with E-state index in [0.29, 0.717) is 5.95 Å². The maximum absolute atomic E-state index is 11.8. The van der Waals surface area contributed by atoms with Gasteiger partial charge in [-0.15, -0.1) is 0 Å². The molecule has 8 nitrogen and oxygen atoms in total. The second-order valence-corrected chi connectivity index (χ2v) is 9.35. The molecular weight excluding hydrogens is 464 g/mol. The molecule has 1 saturated heterocycles. The van der Waals surface area contributed by atoms with Gasteiger partial charge in [0.15, 0.2) is 0 Å². The van der Waals surface area contributed by atoms with E-state index in [9.17, 15) is 9.59 Å². The van der Waals surface area contributed by atoms with Gasteiger partial charge < -0.3 is 15.1 Å². The Balaban J connectivity index is 1.47. The molecule has 2 N–H and O–H groups in total. The first-order valence-electron chi connectivity index (χ1n) is 12.4. The Kier molecular flexibility index (Phi) is 6.72. The maximum atomic E-state index is 11.8. The Morgan fingerprint density at radius 3 is 2.00 bits per heavy atom. The van der Waals surface area contributed by atoms with Crippen molar-refractivity contribution < 1.29 is 9.59 Å². The molecule has 4 aromatic rings. The van der Waals surface area contributed by atoms with Gasteiger partial charge in [0.05, 0.1) is 5.52 Å². The lowest BCUT2D eigenvalue weighted by molar-refractivity contribution is -0.115. The fourth-order valence-corrected chi connectivity index (χ4v) is 4.63. The highest BCUT2D eigenvalue weighted by Gasteiger charge is 2.22. The Hall–Kier alpha value is -4.46. The minimum Gasteiger partial charge on any atom is -0.368 e. The summed E-state index contributed by atoms with van der Waals surface area (Å²) >= 11 is 0. The number of aryl methyl sites for hydroxylation is 1. The summed E-state index contributed by atoms with van der Waals surface area (Å²) in [6.45, 7) is 8.39. The van der Waals surface area contributed by atoms with Crippen molar-refractivity contribution in [3.63, 3.8) is 0 Å². The predicted octanol–water partition coefficient (Wildman–Crippen LogP) is 4.85. The topological polar surface area (TPSA) is 90.5 Å². The zero-order valence-electron chi connectivity index (χ0n) is 21.3. The fourth-order valence-electron chi connectivity index (χ4n) is 4.63. The third-order valence-electron chi connectivity index (χ3n) is 6.48. The first-order valence-corrected chi connectivity index (χ1v) is 12.4. The summed E-state index contributed by atoms with van der Waals surface area (Å²) in [5.41, 5.74) is 6.05. The molecule has 0 spiro atoms. The second-order valence-electron chi connectivity index (χ2n) is 9.35. The number of benzene rings is 3. The summed E-state index contributed by atoms with van der Waals surface area (Å²) in [5, 5.41) is 6.48. The number of piperazine rings is 1. The number of nitrogens with zero attached hydrogens (tertiary/aromatic N) is 4. The van der Waals surface area contributed by atoms with Crippen molar-refractivity contribution in [1.29, 1.82) is 0 Å². The van der Waals surface area contributed by atoms with Gasteiger partial charge in [0.1, 0.15) is 5.82 Å². The zero-order valence-corrected chi connectivity index (χ0v) is 21.3. The van der Waals surface area contributed by atoms with Gasteiger partial charge in [-0.25, -0.2) is 4.98 Å². The van der Waals surface area contributed by atoms with Gasteiger partial charge in [-0.05, 0) is 54.4 Å². The predicted molar refractivity (Wildman–Crippen MR) is 149 cm³/mol. The van der Waals surface area contributed by atoms with E-state index >= 15 is 0 Å². The molecule has 5 rings (SSSR count). The van der Waals surface area contributed by atoms with E-state index in [2.05, 4.69) is 62.7 Å². The van der Waals surface area contributed by atoms with Crippen LogP contribution in [0.2, 0.25) is 0 Å². The van der Waals surface area contributed by atoms with E-state index in [0.717, 1.165) is 59.7 Å². The van der Waals surface area contributed by atoms with Gasteiger partial charge in [0.2, 0.25) is 17.8 Å². The molecule has 0 saturated carbocycles. The van der Waals surface area contributed by atoms with Crippen molar-refractivity contribution >= 4 is 45.9 Å². The lowest BCUT2D eigenvalue weighted by Gasteiger charge is -2.37. The Morgan fingerprint density at radius 1 is 0.730 bits per heavy atom. The van der Waals surface area contributed by atoms with Gasteiger partial charge in [0.25, 0.3) is 0 Å². The normalized spacial score (nSPS) is 13.5. The molecule has 1 aliphatic rings. The largest absolute Gasteiger partial charge is 0.368 e. The Labute approximate surface area is 216 Å². The number of carbonyl (C=O) groups excluding carboxylic acids is 2. The van der Waals surface area contributed by atoms with Crippen LogP contribution >= 0.6 is 0 Å². The van der Waals surface area contributed by atoms with Crippen LogP contribution in [0.1, 0.15) is 19.4 Å². The number of fused-ring (bicyclic) bond motifs is 1. The molecule has 2 heterocycles. The number of hydrogen-bond donors (Lipinski definition) is 2. The van der Waals surface area contributed by atoms with Crippen LogP contribution in [-0.4, -0.2) is 48.0 Å². The summed E-state index contributed by atoms with van der Waals surface area (Å²) in [7, 11) is 0. The fraction of sp³-hybridized carbons (Fsp3) is 0.241. The van der Waals surface area contributed by atoms with Gasteiger partial charge in [-0.3, -0.25) is 14.9 Å². The molecule has 3 aromatic carbocycles. The average Bonchev–Trinajstić information content (AvgIpc) is 2.88. The van der Waals surface area contributed by atoms with E-state index < -0.39 is 0 Å². The zero-order chi connectivity index (χ0) is 25.9. The van der Waals surface area contributed by atoms with E-state index in [1.54, 1.807) is 0 Å². The smallest absolute Gasteiger partial charge is 0.231 e. The number of hydrogen-bond acceptors (Lipinski definition) is 6. The molecule has 37 heavy (non-hydrogen) atoms. The third-order valence-corrected chi connectivity index (χ3v) is 6.48. The van der Waals surface area contributed by atoms with Crippen molar-refractivity contribution in [2.75, 3.05) is 46.6 Å². The van der Waals surface area contributed by atoms with Crippen LogP contribution in [0.3, 0.4) is 0 Å². The minimum atomic E-state index is -0.203. The SMILES string of the molecule is CC(=O)Nc1ccc(-c2ccc3nc(NC(C)=O)nc(N4CCN(c5ccc(C)cc5)CC4)c3c2)cc1. The van der Waals surface area contributed by atoms with Gasteiger partial charge in [-0.1, -0.05) is 35.9 Å². The number of carbonyl (C=O) groups is 2. The molecule has 188 valence electrons. The second kappa shape index (κ2) is 10.3. The monoisotopic (exact) mass is 494 g/mol. The summed E-state index contributed by atoms with van der Waals surface area (Å²) in [5.74, 6) is 0.820. The van der Waals surface area contributed by atoms with Gasteiger partial charge in [-0.2, -0.15) is 4.98 Å². The molecular formula is C29H30N6O2. The highest BCUT2D eigenvalue weighted by Crippen LogP contribution is 2.32. The van der Waals surface area contributed by atoms with Crippen LogP contribution in [0.4, 0.5) is 23.1 Å². The van der Waals surface area contributed by atoms with Crippen LogP contribution in [0, 0.1) is 6.92 Å². The van der Waals surface area contributed by atoms with Crippen LogP contribution in [-0.2, 0) is 9.59 Å². The molecule has 0 bridgehead atoms. The molecule has 2 amide bonds. The van der Waals surface area contributed by atoms with Gasteiger partial charge >= 0.3 is 0 Å². The van der Waals surface area contributed by atoms with Crippen molar-refractivity contribution in [3.8, 4) is 11.1 Å². The maximum Gasteiger partial charge on any atom is 0.231 e. The van der Waals surface area contributed by atoms with E-state index in [-0.39, 0.29) is 11.8 Å². The molecule has 1 fully saturated rings. The standard InChI is InChI=1S/C29H30N6O2/c1-19-4-11-25(12-5-19)34-14-16-35(17-15-34)28-26-18-23(22-6-9-24(10-7-22)30-20(2)36)8-13-27(26)32-29(33-28)31-21(3)37/h4-13,18H,14-17H2,1-3H3,(H,30,36)(H,31,32,33,37). The lowest BCUT2D eigenvalue weighted by atomic mass is 10.0. The number of anilines is 4. The van der Waals surface area contributed by atoms with E-state index in [1.165, 1.54) is 25.1 Å². The van der Waals surface area contributed by atoms with E-state index in [4.69, 9.17) is 4.98 Å².